The summed E-state index contributed by atoms with van der Waals surface area (Å²) < 4.78 is 67.3. The van der Waals surface area contributed by atoms with Crippen LogP contribution < -0.4 is 4.74 Å². The summed E-state index contributed by atoms with van der Waals surface area (Å²) >= 11 is 0. The molecule has 148 valence electrons. The molecule has 26 heavy (non-hydrogen) atoms. The molecule has 0 aromatic heterocycles. The summed E-state index contributed by atoms with van der Waals surface area (Å²) in [6, 6.07) is 0. The molecule has 0 N–H and O–H groups in total. The lowest BCUT2D eigenvalue weighted by atomic mass is 9.87. The third kappa shape index (κ3) is 4.90. The summed E-state index contributed by atoms with van der Waals surface area (Å²) in [5, 5.41) is 0. The van der Waals surface area contributed by atoms with E-state index in [-0.39, 0.29) is 0 Å². The molecular formula is C20H28F4O2. The maximum atomic E-state index is 14.2. The molecule has 0 saturated heterocycles. The van der Waals surface area contributed by atoms with E-state index in [0.29, 0.717) is 18.9 Å². The number of benzene rings is 1. The molecule has 0 heterocycles. The minimum atomic E-state index is -1.51. The summed E-state index contributed by atoms with van der Waals surface area (Å²) in [4.78, 5) is 0. The van der Waals surface area contributed by atoms with Crippen molar-refractivity contribution in [3.05, 3.63) is 28.8 Å². The fraction of sp³-hybridized carbons (Fsp3) is 0.700. The van der Waals surface area contributed by atoms with Gasteiger partial charge in [0.1, 0.15) is 0 Å². The Morgan fingerprint density at radius 3 is 2.04 bits per heavy atom. The van der Waals surface area contributed by atoms with E-state index in [9.17, 15) is 17.6 Å². The number of ether oxygens (including phenoxy) is 2. The molecule has 6 heteroatoms. The highest BCUT2D eigenvalue weighted by Crippen LogP contribution is 2.35. The zero-order chi connectivity index (χ0) is 19.3. The van der Waals surface area contributed by atoms with E-state index in [1.165, 1.54) is 33.1 Å². The molecular weight excluding hydrogens is 348 g/mol. The molecule has 1 aliphatic rings. The molecule has 0 bridgehead atoms. The van der Waals surface area contributed by atoms with Crippen LogP contribution in [0.4, 0.5) is 17.6 Å². The largest absolute Gasteiger partial charge is 0.459 e. The van der Waals surface area contributed by atoms with Gasteiger partial charge in [0.25, 0.3) is 0 Å². The van der Waals surface area contributed by atoms with Crippen LogP contribution >= 0.6 is 0 Å². The monoisotopic (exact) mass is 376 g/mol. The molecule has 2 rings (SSSR count). The Bertz CT molecular complexity index is 571. The topological polar surface area (TPSA) is 18.5 Å². The normalized spacial score (nSPS) is 18.0. The molecule has 1 fully saturated rings. The third-order valence-corrected chi connectivity index (χ3v) is 5.25. The first-order valence-electron chi connectivity index (χ1n) is 9.50. The minimum Gasteiger partial charge on any atom is -0.459 e. The van der Waals surface area contributed by atoms with Gasteiger partial charge in [0.15, 0.2) is 23.7 Å². The Balaban J connectivity index is 2.01. The first kappa shape index (κ1) is 21.0. The van der Waals surface area contributed by atoms with Gasteiger partial charge in [0.05, 0.1) is 6.61 Å². The van der Waals surface area contributed by atoms with Crippen molar-refractivity contribution in [2.45, 2.75) is 77.9 Å². The molecule has 0 spiro atoms. The van der Waals surface area contributed by atoms with Gasteiger partial charge in [-0.2, -0.15) is 8.78 Å². The molecule has 2 nitrogen and oxygen atoms in total. The van der Waals surface area contributed by atoms with Crippen LogP contribution in [0, 0.1) is 29.2 Å². The van der Waals surface area contributed by atoms with Crippen LogP contribution in [0.25, 0.3) is 0 Å². The van der Waals surface area contributed by atoms with Crippen molar-refractivity contribution in [2.75, 3.05) is 6.61 Å². The SMILES string of the molecule is CCC(C)c1c(F)c(F)c(OC(C)OCCC2CCCCC2)c(F)c1F. The smallest absolute Gasteiger partial charge is 0.204 e. The maximum absolute atomic E-state index is 14.2. The van der Waals surface area contributed by atoms with Crippen molar-refractivity contribution in [1.29, 1.82) is 0 Å². The molecule has 0 amide bonds. The van der Waals surface area contributed by atoms with E-state index in [1.807, 2.05) is 0 Å². The van der Waals surface area contributed by atoms with Gasteiger partial charge in [-0.25, -0.2) is 8.78 Å². The zero-order valence-corrected chi connectivity index (χ0v) is 15.7. The number of rotatable bonds is 8. The molecule has 0 radical (unpaired) electrons. The first-order valence-corrected chi connectivity index (χ1v) is 9.50. The lowest BCUT2D eigenvalue weighted by Gasteiger charge is -2.23. The Morgan fingerprint density at radius 2 is 1.50 bits per heavy atom. The van der Waals surface area contributed by atoms with Crippen molar-refractivity contribution >= 4 is 0 Å². The molecule has 1 aromatic carbocycles. The number of halogens is 4. The lowest BCUT2D eigenvalue weighted by Crippen LogP contribution is -2.21. The van der Waals surface area contributed by atoms with Crippen LogP contribution in [-0.4, -0.2) is 12.9 Å². The van der Waals surface area contributed by atoms with Gasteiger partial charge in [0, 0.05) is 5.56 Å². The molecule has 2 atom stereocenters. The molecule has 1 aromatic rings. The van der Waals surface area contributed by atoms with Crippen molar-refractivity contribution in [3.8, 4) is 5.75 Å². The van der Waals surface area contributed by atoms with Gasteiger partial charge in [-0.3, -0.25) is 0 Å². The van der Waals surface area contributed by atoms with Crippen LogP contribution in [0.2, 0.25) is 0 Å². The summed E-state index contributed by atoms with van der Waals surface area (Å²) in [7, 11) is 0. The predicted octanol–water partition coefficient (Wildman–Crippen LogP) is 6.47. The second-order valence-electron chi connectivity index (χ2n) is 7.16. The van der Waals surface area contributed by atoms with Gasteiger partial charge >= 0.3 is 0 Å². The Labute approximate surface area is 152 Å². The number of hydrogen-bond acceptors (Lipinski definition) is 2. The molecule has 1 saturated carbocycles. The Morgan fingerprint density at radius 1 is 0.923 bits per heavy atom. The quantitative estimate of drug-likeness (QED) is 0.294. The summed E-state index contributed by atoms with van der Waals surface area (Å²) in [6.07, 6.45) is 6.21. The zero-order valence-electron chi connectivity index (χ0n) is 15.7. The molecule has 2 unspecified atom stereocenters. The summed E-state index contributed by atoms with van der Waals surface area (Å²) in [5.74, 6) is -6.93. The van der Waals surface area contributed by atoms with Crippen molar-refractivity contribution < 1.29 is 27.0 Å². The van der Waals surface area contributed by atoms with Gasteiger partial charge in [-0.05, 0) is 31.6 Å². The summed E-state index contributed by atoms with van der Waals surface area (Å²) in [6.45, 7) is 5.03. The highest BCUT2D eigenvalue weighted by atomic mass is 19.2. The van der Waals surface area contributed by atoms with E-state index in [2.05, 4.69) is 0 Å². The van der Waals surface area contributed by atoms with Crippen LogP contribution in [0.1, 0.15) is 77.2 Å². The standard InChI is InChI=1S/C20H28F4O2/c1-4-12(2)15-16(21)18(23)20(19(24)17(15)22)26-13(3)25-11-10-14-8-6-5-7-9-14/h12-14H,4-11H2,1-3H3. The van der Waals surface area contributed by atoms with Gasteiger partial charge < -0.3 is 9.47 Å². The van der Waals surface area contributed by atoms with E-state index >= 15 is 0 Å². The highest BCUT2D eigenvalue weighted by molar-refractivity contribution is 5.36. The highest BCUT2D eigenvalue weighted by Gasteiger charge is 2.29. The third-order valence-electron chi connectivity index (χ3n) is 5.25. The van der Waals surface area contributed by atoms with Crippen LogP contribution in [0.5, 0.6) is 5.75 Å². The number of hydrogen-bond donors (Lipinski definition) is 0. The van der Waals surface area contributed by atoms with Crippen molar-refractivity contribution in [3.63, 3.8) is 0 Å². The van der Waals surface area contributed by atoms with Gasteiger partial charge in [0.2, 0.25) is 11.6 Å². The average Bonchev–Trinajstić information content (AvgIpc) is 2.64. The van der Waals surface area contributed by atoms with Gasteiger partial charge in [-0.15, -0.1) is 0 Å². The van der Waals surface area contributed by atoms with Crippen molar-refractivity contribution in [1.82, 2.24) is 0 Å². The van der Waals surface area contributed by atoms with Crippen LogP contribution in [-0.2, 0) is 4.74 Å². The second kappa shape index (κ2) is 9.58. The first-order chi connectivity index (χ1) is 12.4. The van der Waals surface area contributed by atoms with Crippen molar-refractivity contribution in [2.24, 2.45) is 5.92 Å². The van der Waals surface area contributed by atoms with Crippen LogP contribution in [0.3, 0.4) is 0 Å². The maximum Gasteiger partial charge on any atom is 0.204 e. The van der Waals surface area contributed by atoms with E-state index in [0.717, 1.165) is 19.3 Å². The Kier molecular flexibility index (Phi) is 7.74. The van der Waals surface area contributed by atoms with Gasteiger partial charge in [-0.1, -0.05) is 46.0 Å². The molecule has 1 aliphatic carbocycles. The fourth-order valence-corrected chi connectivity index (χ4v) is 3.45. The van der Waals surface area contributed by atoms with E-state index < -0.39 is 46.8 Å². The minimum absolute atomic E-state index is 0.355. The predicted molar refractivity (Wildman–Crippen MR) is 92.2 cm³/mol. The summed E-state index contributed by atoms with van der Waals surface area (Å²) in [5.41, 5.74) is -0.583. The lowest BCUT2D eigenvalue weighted by molar-refractivity contribution is -0.0750. The van der Waals surface area contributed by atoms with E-state index in [4.69, 9.17) is 9.47 Å². The average molecular weight is 376 g/mol. The Hall–Kier alpha value is -1.30. The fourth-order valence-electron chi connectivity index (χ4n) is 3.45. The van der Waals surface area contributed by atoms with E-state index in [1.54, 1.807) is 6.92 Å². The molecule has 0 aliphatic heterocycles. The van der Waals surface area contributed by atoms with Crippen LogP contribution in [0.15, 0.2) is 0 Å². The second-order valence-corrected chi connectivity index (χ2v) is 7.16.